The van der Waals surface area contributed by atoms with Crippen molar-refractivity contribution in [2.75, 3.05) is 19.0 Å². The third kappa shape index (κ3) is 4.21. The number of rotatable bonds is 4. The van der Waals surface area contributed by atoms with Gasteiger partial charge in [0.2, 0.25) is 0 Å². The SMILES string of the molecule is COC(=O)Cc1ccc(NC(=O)c2cc3c(cc2Br)OCCc2ccsc2-3)cc1. The van der Waals surface area contributed by atoms with Crippen LogP contribution in [-0.4, -0.2) is 25.6 Å². The Balaban J connectivity index is 1.58. The van der Waals surface area contributed by atoms with Crippen molar-refractivity contribution in [2.45, 2.75) is 12.8 Å². The normalized spacial score (nSPS) is 12.2. The molecule has 2 heterocycles. The van der Waals surface area contributed by atoms with Crippen LogP contribution in [0.25, 0.3) is 10.4 Å². The highest BCUT2D eigenvalue weighted by molar-refractivity contribution is 9.10. The monoisotopic (exact) mass is 471 g/mol. The number of thiophene rings is 1. The Bertz CT molecular complexity index is 1070. The average molecular weight is 472 g/mol. The van der Waals surface area contributed by atoms with Gasteiger partial charge in [-0.2, -0.15) is 0 Å². The van der Waals surface area contributed by atoms with Crippen molar-refractivity contribution in [3.05, 3.63) is 69.0 Å². The number of esters is 1. The molecule has 1 aliphatic rings. The molecule has 0 unspecified atom stereocenters. The molecule has 29 heavy (non-hydrogen) atoms. The van der Waals surface area contributed by atoms with Gasteiger partial charge < -0.3 is 14.8 Å². The first-order valence-electron chi connectivity index (χ1n) is 9.05. The number of fused-ring (bicyclic) bond motifs is 3. The van der Waals surface area contributed by atoms with E-state index in [1.54, 1.807) is 35.6 Å². The van der Waals surface area contributed by atoms with Crippen LogP contribution < -0.4 is 10.1 Å². The van der Waals surface area contributed by atoms with E-state index in [-0.39, 0.29) is 18.3 Å². The van der Waals surface area contributed by atoms with E-state index in [1.165, 1.54) is 12.7 Å². The fourth-order valence-corrected chi connectivity index (χ4v) is 4.69. The molecule has 0 saturated heterocycles. The van der Waals surface area contributed by atoms with Gasteiger partial charge in [0.25, 0.3) is 5.91 Å². The van der Waals surface area contributed by atoms with Crippen LogP contribution in [0, 0.1) is 0 Å². The fraction of sp³-hybridized carbons (Fsp3) is 0.182. The van der Waals surface area contributed by atoms with E-state index in [2.05, 4.69) is 37.4 Å². The van der Waals surface area contributed by atoms with Crippen LogP contribution in [0.4, 0.5) is 5.69 Å². The van der Waals surface area contributed by atoms with Crippen LogP contribution in [0.5, 0.6) is 5.75 Å². The summed E-state index contributed by atoms with van der Waals surface area (Å²) in [6.07, 6.45) is 1.05. The number of nitrogens with one attached hydrogen (secondary N) is 1. The van der Waals surface area contributed by atoms with E-state index in [1.807, 2.05) is 12.1 Å². The highest BCUT2D eigenvalue weighted by atomic mass is 79.9. The number of ether oxygens (including phenoxy) is 2. The summed E-state index contributed by atoms with van der Waals surface area (Å²) in [6, 6.07) is 13.0. The Kier molecular flexibility index (Phi) is 5.69. The maximum Gasteiger partial charge on any atom is 0.309 e. The summed E-state index contributed by atoms with van der Waals surface area (Å²) in [5, 5.41) is 4.98. The van der Waals surface area contributed by atoms with E-state index in [0.29, 0.717) is 22.3 Å². The van der Waals surface area contributed by atoms with Crippen molar-refractivity contribution in [3.63, 3.8) is 0 Å². The molecule has 7 heteroatoms. The molecule has 0 fully saturated rings. The van der Waals surface area contributed by atoms with Crippen molar-refractivity contribution in [1.29, 1.82) is 0 Å². The van der Waals surface area contributed by atoms with Gasteiger partial charge in [-0.15, -0.1) is 11.3 Å². The predicted octanol–water partition coefficient (Wildman–Crippen LogP) is 5.08. The average Bonchev–Trinajstić information content (AvgIpc) is 3.11. The molecule has 0 radical (unpaired) electrons. The van der Waals surface area contributed by atoms with Gasteiger partial charge >= 0.3 is 5.97 Å². The van der Waals surface area contributed by atoms with Gasteiger partial charge in [-0.05, 0) is 62.8 Å². The summed E-state index contributed by atoms with van der Waals surface area (Å²) in [6.45, 7) is 0.618. The predicted molar refractivity (Wildman–Crippen MR) is 117 cm³/mol. The minimum absolute atomic E-state index is 0.199. The fourth-order valence-electron chi connectivity index (χ4n) is 3.21. The molecule has 5 nitrogen and oxygen atoms in total. The Morgan fingerprint density at radius 2 is 2.00 bits per heavy atom. The molecule has 1 amide bonds. The first kappa shape index (κ1) is 19.7. The standard InChI is InChI=1S/C22H18BrNO4S/c1-27-20(25)10-13-2-4-15(5-3-13)24-22(26)16-11-17-19(12-18(16)23)28-8-6-14-7-9-29-21(14)17/h2-5,7,9,11-12H,6,8,10H2,1H3,(H,24,26). The second-order valence-electron chi connectivity index (χ2n) is 6.61. The first-order chi connectivity index (χ1) is 14.0. The zero-order chi connectivity index (χ0) is 20.4. The number of hydrogen-bond acceptors (Lipinski definition) is 5. The molecule has 0 spiro atoms. The van der Waals surface area contributed by atoms with E-state index in [0.717, 1.165) is 28.2 Å². The van der Waals surface area contributed by atoms with E-state index in [9.17, 15) is 9.59 Å². The summed E-state index contributed by atoms with van der Waals surface area (Å²) in [7, 11) is 1.36. The van der Waals surface area contributed by atoms with Crippen LogP contribution in [0.3, 0.4) is 0 Å². The van der Waals surface area contributed by atoms with E-state index < -0.39 is 0 Å². The van der Waals surface area contributed by atoms with Crippen LogP contribution in [-0.2, 0) is 22.4 Å². The highest BCUT2D eigenvalue weighted by Gasteiger charge is 2.21. The Hall–Kier alpha value is -2.64. The van der Waals surface area contributed by atoms with E-state index in [4.69, 9.17) is 4.74 Å². The molecule has 1 aliphatic heterocycles. The van der Waals surface area contributed by atoms with Gasteiger partial charge in [0.1, 0.15) is 5.75 Å². The molecule has 148 valence electrons. The molecular formula is C22H18BrNO4S. The smallest absolute Gasteiger partial charge is 0.309 e. The quantitative estimate of drug-likeness (QED) is 0.538. The lowest BCUT2D eigenvalue weighted by atomic mass is 10.0. The highest BCUT2D eigenvalue weighted by Crippen LogP contribution is 2.41. The Morgan fingerprint density at radius 1 is 1.21 bits per heavy atom. The van der Waals surface area contributed by atoms with Crippen molar-refractivity contribution in [1.82, 2.24) is 0 Å². The summed E-state index contributed by atoms with van der Waals surface area (Å²) < 4.78 is 11.2. The minimum atomic E-state index is -0.300. The van der Waals surface area contributed by atoms with Gasteiger partial charge in [0, 0.05) is 27.0 Å². The Morgan fingerprint density at radius 3 is 2.76 bits per heavy atom. The maximum absolute atomic E-state index is 12.9. The van der Waals surface area contributed by atoms with Crippen LogP contribution in [0.2, 0.25) is 0 Å². The largest absolute Gasteiger partial charge is 0.493 e. The number of benzene rings is 2. The molecule has 1 aromatic heterocycles. The van der Waals surface area contributed by atoms with Crippen molar-refractivity contribution in [2.24, 2.45) is 0 Å². The second-order valence-corrected chi connectivity index (χ2v) is 8.38. The summed E-state index contributed by atoms with van der Waals surface area (Å²) >= 11 is 5.16. The maximum atomic E-state index is 12.9. The number of anilines is 1. The lowest BCUT2D eigenvalue weighted by Gasteiger charge is -2.12. The lowest BCUT2D eigenvalue weighted by molar-refractivity contribution is -0.139. The van der Waals surface area contributed by atoms with Crippen LogP contribution >= 0.6 is 27.3 Å². The molecule has 3 aromatic rings. The van der Waals surface area contributed by atoms with Gasteiger partial charge in [0.15, 0.2) is 0 Å². The number of amides is 1. The van der Waals surface area contributed by atoms with E-state index >= 15 is 0 Å². The summed E-state index contributed by atoms with van der Waals surface area (Å²) in [4.78, 5) is 25.4. The molecule has 0 aliphatic carbocycles. The molecule has 4 rings (SSSR count). The number of hydrogen-bond donors (Lipinski definition) is 1. The lowest BCUT2D eigenvalue weighted by Crippen LogP contribution is -2.13. The number of methoxy groups -OCH3 is 1. The molecule has 1 N–H and O–H groups in total. The topological polar surface area (TPSA) is 64.6 Å². The Labute approximate surface area is 180 Å². The summed E-state index contributed by atoms with van der Waals surface area (Å²) in [5.41, 5.74) is 4.19. The summed E-state index contributed by atoms with van der Waals surface area (Å²) in [5.74, 6) is 0.260. The molecule has 0 bridgehead atoms. The zero-order valence-corrected chi connectivity index (χ0v) is 18.1. The molecule has 0 atom stereocenters. The van der Waals surface area contributed by atoms with Gasteiger partial charge in [0.05, 0.1) is 25.7 Å². The number of halogens is 1. The molecular weight excluding hydrogens is 454 g/mol. The van der Waals surface area contributed by atoms with Gasteiger partial charge in [-0.3, -0.25) is 9.59 Å². The third-order valence-electron chi connectivity index (χ3n) is 4.72. The minimum Gasteiger partial charge on any atom is -0.493 e. The van der Waals surface area contributed by atoms with Crippen LogP contribution in [0.15, 0.2) is 52.3 Å². The first-order valence-corrected chi connectivity index (χ1v) is 10.7. The third-order valence-corrected chi connectivity index (χ3v) is 6.37. The van der Waals surface area contributed by atoms with Crippen molar-refractivity contribution >= 4 is 44.8 Å². The van der Waals surface area contributed by atoms with Crippen molar-refractivity contribution < 1.29 is 19.1 Å². The number of carbonyl (C=O) groups is 2. The molecule has 0 saturated carbocycles. The number of carbonyl (C=O) groups excluding carboxylic acids is 2. The van der Waals surface area contributed by atoms with Crippen LogP contribution in [0.1, 0.15) is 21.5 Å². The molecule has 2 aromatic carbocycles. The van der Waals surface area contributed by atoms with Gasteiger partial charge in [-0.25, -0.2) is 0 Å². The zero-order valence-electron chi connectivity index (χ0n) is 15.7. The van der Waals surface area contributed by atoms with Crippen molar-refractivity contribution in [3.8, 4) is 16.2 Å². The van der Waals surface area contributed by atoms with Gasteiger partial charge in [-0.1, -0.05) is 12.1 Å². The second kappa shape index (κ2) is 8.39.